The molecule has 2 amide bonds. The zero-order valence-electron chi connectivity index (χ0n) is 13.5. The van der Waals surface area contributed by atoms with Crippen LogP contribution in [0, 0.1) is 11.7 Å². The third-order valence-corrected chi connectivity index (χ3v) is 4.68. The summed E-state index contributed by atoms with van der Waals surface area (Å²) in [7, 11) is 0. The first kappa shape index (κ1) is 16.5. The molecule has 26 heavy (non-hydrogen) atoms. The summed E-state index contributed by atoms with van der Waals surface area (Å²) in [6.07, 6.45) is 0.0853. The van der Waals surface area contributed by atoms with E-state index in [1.807, 2.05) is 24.3 Å². The number of amides is 2. The van der Waals surface area contributed by atoms with Gasteiger partial charge in [0.2, 0.25) is 11.8 Å². The maximum atomic E-state index is 13.2. The van der Waals surface area contributed by atoms with Crippen LogP contribution in [0.15, 0.2) is 42.5 Å². The molecule has 1 aromatic heterocycles. The highest BCUT2D eigenvalue weighted by Gasteiger charge is 2.36. The summed E-state index contributed by atoms with van der Waals surface area (Å²) in [4.78, 5) is 26.4. The number of hydrogen-bond donors (Lipinski definition) is 2. The van der Waals surface area contributed by atoms with Gasteiger partial charge in [-0.25, -0.2) is 4.39 Å². The molecule has 8 heteroatoms. The van der Waals surface area contributed by atoms with Crippen molar-refractivity contribution in [2.24, 2.45) is 5.92 Å². The van der Waals surface area contributed by atoms with Gasteiger partial charge in [0, 0.05) is 24.0 Å². The molecule has 1 aliphatic rings. The Morgan fingerprint density at radius 3 is 2.92 bits per heavy atom. The van der Waals surface area contributed by atoms with Crippen molar-refractivity contribution in [2.45, 2.75) is 6.42 Å². The van der Waals surface area contributed by atoms with Gasteiger partial charge in [-0.3, -0.25) is 19.6 Å². The zero-order valence-corrected chi connectivity index (χ0v) is 14.3. The Morgan fingerprint density at radius 2 is 2.12 bits per heavy atom. The van der Waals surface area contributed by atoms with Gasteiger partial charge in [-0.05, 0) is 30.3 Å². The number of hydrogen-bond acceptors (Lipinski definition) is 3. The van der Waals surface area contributed by atoms with Gasteiger partial charge < -0.3 is 5.32 Å². The van der Waals surface area contributed by atoms with Crippen LogP contribution in [0.1, 0.15) is 6.42 Å². The Bertz CT molecular complexity index is 1020. The highest BCUT2D eigenvalue weighted by Crippen LogP contribution is 2.30. The minimum absolute atomic E-state index is 0.0742. The molecule has 1 atom stereocenters. The highest BCUT2D eigenvalue weighted by molar-refractivity contribution is 6.31. The summed E-state index contributed by atoms with van der Waals surface area (Å²) in [5.41, 5.74) is 1.21. The van der Waals surface area contributed by atoms with Crippen molar-refractivity contribution in [1.29, 1.82) is 0 Å². The number of fused-ring (bicyclic) bond motifs is 1. The highest BCUT2D eigenvalue weighted by atomic mass is 35.5. The van der Waals surface area contributed by atoms with Gasteiger partial charge in [0.1, 0.15) is 5.82 Å². The van der Waals surface area contributed by atoms with E-state index in [-0.39, 0.29) is 29.8 Å². The van der Waals surface area contributed by atoms with Gasteiger partial charge in [-0.15, -0.1) is 0 Å². The first-order valence-electron chi connectivity index (χ1n) is 8.02. The second-order valence-corrected chi connectivity index (χ2v) is 6.52. The van der Waals surface area contributed by atoms with Crippen LogP contribution in [0.25, 0.3) is 10.9 Å². The number of H-pyrrole nitrogens is 1. The first-order chi connectivity index (χ1) is 12.5. The summed E-state index contributed by atoms with van der Waals surface area (Å²) < 4.78 is 13.2. The number of anilines is 2. The second kappa shape index (κ2) is 6.42. The van der Waals surface area contributed by atoms with E-state index in [2.05, 4.69) is 15.5 Å². The molecule has 0 spiro atoms. The third kappa shape index (κ3) is 2.90. The fourth-order valence-electron chi connectivity index (χ4n) is 3.06. The molecule has 2 heterocycles. The number of rotatable bonds is 3. The van der Waals surface area contributed by atoms with Gasteiger partial charge in [0.25, 0.3) is 0 Å². The van der Waals surface area contributed by atoms with Crippen molar-refractivity contribution in [1.82, 2.24) is 10.2 Å². The maximum Gasteiger partial charge on any atom is 0.229 e. The predicted molar refractivity (Wildman–Crippen MR) is 96.6 cm³/mol. The first-order valence-corrected chi connectivity index (χ1v) is 8.40. The molecule has 6 nitrogen and oxygen atoms in total. The monoisotopic (exact) mass is 372 g/mol. The van der Waals surface area contributed by atoms with E-state index in [1.54, 1.807) is 0 Å². The molecule has 2 N–H and O–H groups in total. The smallest absolute Gasteiger partial charge is 0.229 e. The number of para-hydroxylation sites is 1. The maximum absolute atomic E-state index is 13.2. The Hall–Kier alpha value is -2.93. The fourth-order valence-corrected chi connectivity index (χ4v) is 3.24. The van der Waals surface area contributed by atoms with E-state index >= 15 is 0 Å². The molecule has 0 radical (unpaired) electrons. The van der Waals surface area contributed by atoms with E-state index < -0.39 is 11.7 Å². The van der Waals surface area contributed by atoms with Gasteiger partial charge in [-0.1, -0.05) is 23.7 Å². The second-order valence-electron chi connectivity index (χ2n) is 6.12. The van der Waals surface area contributed by atoms with Gasteiger partial charge in [0.05, 0.1) is 16.5 Å². The van der Waals surface area contributed by atoms with Crippen molar-refractivity contribution in [3.63, 3.8) is 0 Å². The normalized spacial score (nSPS) is 17.1. The van der Waals surface area contributed by atoms with Crippen LogP contribution in [0.3, 0.4) is 0 Å². The van der Waals surface area contributed by atoms with Gasteiger partial charge in [0.15, 0.2) is 5.82 Å². The fraction of sp³-hybridized carbons (Fsp3) is 0.167. The number of aromatic nitrogens is 2. The molecule has 0 bridgehead atoms. The largest absolute Gasteiger partial charge is 0.326 e. The van der Waals surface area contributed by atoms with E-state index in [4.69, 9.17) is 11.6 Å². The molecule has 1 fully saturated rings. The van der Waals surface area contributed by atoms with Crippen LogP contribution in [0.5, 0.6) is 0 Å². The molecular weight excluding hydrogens is 359 g/mol. The number of nitrogens with one attached hydrogen (secondary N) is 2. The number of benzene rings is 2. The van der Waals surface area contributed by atoms with Gasteiger partial charge in [-0.2, -0.15) is 5.10 Å². The van der Waals surface area contributed by atoms with E-state index in [0.717, 1.165) is 10.9 Å². The lowest BCUT2D eigenvalue weighted by molar-refractivity contribution is -0.122. The van der Waals surface area contributed by atoms with E-state index in [9.17, 15) is 14.0 Å². The average Bonchev–Trinajstić information content (AvgIpc) is 3.21. The van der Waals surface area contributed by atoms with Crippen LogP contribution in [0.4, 0.5) is 15.9 Å². The minimum atomic E-state index is -0.558. The number of aromatic amines is 1. The van der Waals surface area contributed by atoms with Crippen molar-refractivity contribution < 1.29 is 14.0 Å². The summed E-state index contributed by atoms with van der Waals surface area (Å²) in [6.45, 7) is 0.231. The molecular formula is C18H14ClFN4O2. The standard InChI is InChI=1S/C18H14ClFN4O2/c19-13-8-11(5-6-14(13)20)21-18(26)10-7-16(25)24(9-10)17-12-3-1-2-4-15(12)22-23-17/h1-6,8,10H,7,9H2,(H,21,26)(H,22,23)/t10-/m1/s1. The number of carbonyl (C=O) groups excluding carboxylic acids is 2. The molecule has 132 valence electrons. The van der Waals surface area contributed by atoms with E-state index in [0.29, 0.717) is 11.5 Å². The van der Waals surface area contributed by atoms with Crippen LogP contribution in [0.2, 0.25) is 5.02 Å². The molecule has 3 aromatic rings. The number of carbonyl (C=O) groups is 2. The van der Waals surface area contributed by atoms with E-state index in [1.165, 1.54) is 23.1 Å². The number of nitrogens with zero attached hydrogens (tertiary/aromatic N) is 2. The molecule has 1 saturated heterocycles. The summed E-state index contributed by atoms with van der Waals surface area (Å²) in [5, 5.41) is 10.5. The molecule has 0 unspecified atom stereocenters. The molecule has 2 aromatic carbocycles. The third-order valence-electron chi connectivity index (χ3n) is 4.39. The Morgan fingerprint density at radius 1 is 1.31 bits per heavy atom. The van der Waals surface area contributed by atoms with Crippen LogP contribution >= 0.6 is 11.6 Å². The van der Waals surface area contributed by atoms with Crippen LogP contribution in [-0.4, -0.2) is 28.6 Å². The predicted octanol–water partition coefficient (Wildman–Crippen LogP) is 3.35. The van der Waals surface area contributed by atoms with Crippen molar-refractivity contribution in [2.75, 3.05) is 16.8 Å². The Balaban J connectivity index is 1.52. The topological polar surface area (TPSA) is 78.1 Å². The summed E-state index contributed by atoms with van der Waals surface area (Å²) in [5.74, 6) is -1.05. The summed E-state index contributed by atoms with van der Waals surface area (Å²) >= 11 is 5.73. The van der Waals surface area contributed by atoms with Crippen molar-refractivity contribution in [3.05, 3.63) is 53.3 Å². The Labute approximate surface area is 152 Å². The quantitative estimate of drug-likeness (QED) is 0.740. The van der Waals surface area contributed by atoms with Crippen molar-refractivity contribution >= 4 is 45.8 Å². The minimum Gasteiger partial charge on any atom is -0.326 e. The molecule has 1 aliphatic heterocycles. The lowest BCUT2D eigenvalue weighted by Crippen LogP contribution is -2.28. The average molecular weight is 373 g/mol. The van der Waals surface area contributed by atoms with Crippen LogP contribution in [-0.2, 0) is 9.59 Å². The zero-order chi connectivity index (χ0) is 18.3. The Kier molecular flexibility index (Phi) is 4.08. The lowest BCUT2D eigenvalue weighted by Gasteiger charge is -2.14. The van der Waals surface area contributed by atoms with Gasteiger partial charge >= 0.3 is 0 Å². The molecule has 4 rings (SSSR count). The lowest BCUT2D eigenvalue weighted by atomic mass is 10.1. The van der Waals surface area contributed by atoms with Crippen LogP contribution < -0.4 is 10.2 Å². The number of halogens is 2. The SMILES string of the molecule is O=C(Nc1ccc(F)c(Cl)c1)[C@@H]1CC(=O)N(c2n[nH]c3ccccc23)C1. The van der Waals surface area contributed by atoms with Crippen molar-refractivity contribution in [3.8, 4) is 0 Å². The molecule has 0 saturated carbocycles. The summed E-state index contributed by atoms with van der Waals surface area (Å²) in [6, 6.07) is 11.4. The molecule has 0 aliphatic carbocycles.